The molecule has 0 aliphatic carbocycles. The lowest BCUT2D eigenvalue weighted by atomic mass is 10.4. The number of rotatable bonds is 3. The van der Waals surface area contributed by atoms with E-state index < -0.39 is 0 Å². The average molecular weight is 195 g/mol. The summed E-state index contributed by atoms with van der Waals surface area (Å²) >= 11 is 4.54. The lowest BCUT2D eigenvalue weighted by Crippen LogP contribution is -2.23. The summed E-state index contributed by atoms with van der Waals surface area (Å²) in [4.78, 5) is 0. The first-order valence-corrected chi connectivity index (χ1v) is 3.98. The highest BCUT2D eigenvalue weighted by atomic mass is 32.1. The molecule has 5 heteroatoms. The highest BCUT2D eigenvalue weighted by Crippen LogP contribution is 2.00. The minimum Gasteiger partial charge on any atom is -0.465 e. The Labute approximate surface area is 81.1 Å². The summed E-state index contributed by atoms with van der Waals surface area (Å²) in [5.41, 5.74) is 7.56. The summed E-state index contributed by atoms with van der Waals surface area (Å²) in [5, 5.41) is 3.84. The molecule has 68 valence electrons. The Morgan fingerprint density at radius 2 is 2.54 bits per heavy atom. The molecule has 0 spiro atoms. The maximum Gasteiger partial charge on any atom is 0.184 e. The smallest absolute Gasteiger partial charge is 0.184 e. The quantitative estimate of drug-likeness (QED) is 0.431. The van der Waals surface area contributed by atoms with Crippen LogP contribution in [0.5, 0.6) is 0 Å². The normalized spacial score (nSPS) is 11.1. The van der Waals surface area contributed by atoms with Crippen LogP contribution in [0.15, 0.2) is 34.0 Å². The third kappa shape index (κ3) is 4.07. The number of nitrogens with zero attached hydrogens (tertiary/aromatic N) is 1. The van der Waals surface area contributed by atoms with Crippen molar-refractivity contribution in [2.75, 3.05) is 0 Å². The number of hydrazone groups is 1. The SMILES string of the molecule is NC(=S)N/N=C/C=C/c1ccco1. The van der Waals surface area contributed by atoms with Crippen LogP contribution in [-0.2, 0) is 0 Å². The molecule has 0 atom stereocenters. The lowest BCUT2D eigenvalue weighted by Gasteiger charge is -1.89. The molecule has 13 heavy (non-hydrogen) atoms. The number of nitrogens with two attached hydrogens (primary N) is 1. The van der Waals surface area contributed by atoms with Crippen LogP contribution < -0.4 is 11.2 Å². The zero-order valence-corrected chi connectivity index (χ0v) is 7.62. The van der Waals surface area contributed by atoms with Gasteiger partial charge in [-0.15, -0.1) is 0 Å². The fourth-order valence-electron chi connectivity index (χ4n) is 0.668. The van der Waals surface area contributed by atoms with Crippen molar-refractivity contribution >= 4 is 29.6 Å². The van der Waals surface area contributed by atoms with E-state index in [1.807, 2.05) is 12.1 Å². The Morgan fingerprint density at radius 1 is 1.69 bits per heavy atom. The van der Waals surface area contributed by atoms with Crippen molar-refractivity contribution in [2.24, 2.45) is 10.8 Å². The van der Waals surface area contributed by atoms with Gasteiger partial charge >= 0.3 is 0 Å². The number of nitrogens with one attached hydrogen (secondary N) is 1. The summed E-state index contributed by atoms with van der Waals surface area (Å²) < 4.78 is 5.04. The number of hydrogen-bond donors (Lipinski definition) is 2. The van der Waals surface area contributed by atoms with Crippen molar-refractivity contribution in [1.29, 1.82) is 0 Å². The molecule has 0 amide bonds. The van der Waals surface area contributed by atoms with Crippen molar-refractivity contribution in [3.8, 4) is 0 Å². The number of hydrogen-bond acceptors (Lipinski definition) is 3. The van der Waals surface area contributed by atoms with Gasteiger partial charge < -0.3 is 10.2 Å². The maximum absolute atomic E-state index is 5.13. The van der Waals surface area contributed by atoms with Gasteiger partial charge in [0.05, 0.1) is 6.26 Å². The predicted molar refractivity (Wildman–Crippen MR) is 56.2 cm³/mol. The number of thiocarbonyl (C=S) groups is 1. The first-order valence-electron chi connectivity index (χ1n) is 3.58. The van der Waals surface area contributed by atoms with Gasteiger partial charge in [0.2, 0.25) is 0 Å². The van der Waals surface area contributed by atoms with E-state index in [0.717, 1.165) is 5.76 Å². The Balaban J connectivity index is 2.34. The molecule has 0 bridgehead atoms. The minimum atomic E-state index is 0.141. The molecule has 0 aromatic carbocycles. The first kappa shape index (κ1) is 9.47. The predicted octanol–water partition coefficient (Wildman–Crippen LogP) is 1.11. The van der Waals surface area contributed by atoms with Gasteiger partial charge in [-0.25, -0.2) is 0 Å². The van der Waals surface area contributed by atoms with E-state index in [1.54, 1.807) is 18.4 Å². The molecule has 0 saturated carbocycles. The van der Waals surface area contributed by atoms with Crippen LogP contribution in [0.3, 0.4) is 0 Å². The molecule has 4 nitrogen and oxygen atoms in total. The number of furan rings is 1. The van der Waals surface area contributed by atoms with E-state index in [2.05, 4.69) is 22.7 Å². The van der Waals surface area contributed by atoms with E-state index in [1.165, 1.54) is 6.21 Å². The second-order valence-electron chi connectivity index (χ2n) is 2.13. The van der Waals surface area contributed by atoms with Gasteiger partial charge in [0.1, 0.15) is 5.76 Å². The molecule has 1 heterocycles. The average Bonchev–Trinajstić information content (AvgIpc) is 2.55. The monoisotopic (exact) mass is 195 g/mol. The molecular weight excluding hydrogens is 186 g/mol. The molecule has 1 aromatic rings. The largest absolute Gasteiger partial charge is 0.465 e. The van der Waals surface area contributed by atoms with Crippen LogP contribution in [0.1, 0.15) is 5.76 Å². The van der Waals surface area contributed by atoms with Gasteiger partial charge in [0, 0.05) is 6.21 Å². The fraction of sp³-hybridized carbons (Fsp3) is 0. The third-order valence-electron chi connectivity index (χ3n) is 1.14. The molecule has 0 fully saturated rings. The van der Waals surface area contributed by atoms with Gasteiger partial charge in [-0.3, -0.25) is 5.43 Å². The molecule has 0 saturated heterocycles. The first-order chi connectivity index (χ1) is 6.29. The fourth-order valence-corrected chi connectivity index (χ4v) is 0.721. The van der Waals surface area contributed by atoms with E-state index in [9.17, 15) is 0 Å². The molecule has 1 rings (SSSR count). The van der Waals surface area contributed by atoms with Crippen molar-refractivity contribution < 1.29 is 4.42 Å². The van der Waals surface area contributed by atoms with Crippen LogP contribution in [0.2, 0.25) is 0 Å². The van der Waals surface area contributed by atoms with Gasteiger partial charge in [-0.05, 0) is 36.5 Å². The standard InChI is InChI=1S/C8H9N3OS/c9-8(13)11-10-5-1-3-7-4-2-6-12-7/h1-6H,(H3,9,11,13)/b3-1+,10-5+. The van der Waals surface area contributed by atoms with E-state index >= 15 is 0 Å². The van der Waals surface area contributed by atoms with E-state index in [0.29, 0.717) is 0 Å². The van der Waals surface area contributed by atoms with Crippen LogP contribution in [0.25, 0.3) is 6.08 Å². The second kappa shape index (κ2) is 5.10. The Morgan fingerprint density at radius 3 is 3.15 bits per heavy atom. The summed E-state index contributed by atoms with van der Waals surface area (Å²) in [6.45, 7) is 0. The highest BCUT2D eigenvalue weighted by molar-refractivity contribution is 7.80. The summed E-state index contributed by atoms with van der Waals surface area (Å²) in [7, 11) is 0. The zero-order valence-electron chi connectivity index (χ0n) is 6.81. The van der Waals surface area contributed by atoms with Gasteiger partial charge in [-0.1, -0.05) is 0 Å². The topological polar surface area (TPSA) is 63.5 Å². The number of allylic oxidation sites excluding steroid dienone is 1. The molecule has 0 unspecified atom stereocenters. The van der Waals surface area contributed by atoms with Crippen LogP contribution in [0.4, 0.5) is 0 Å². The summed E-state index contributed by atoms with van der Waals surface area (Å²) in [5.74, 6) is 0.766. The molecule has 0 aliphatic heterocycles. The second-order valence-corrected chi connectivity index (χ2v) is 2.57. The van der Waals surface area contributed by atoms with Crippen molar-refractivity contribution in [3.63, 3.8) is 0 Å². The molecule has 1 aromatic heterocycles. The van der Waals surface area contributed by atoms with Crippen LogP contribution in [0, 0.1) is 0 Å². The minimum absolute atomic E-state index is 0.141. The highest BCUT2D eigenvalue weighted by Gasteiger charge is 1.83. The molecule has 0 radical (unpaired) electrons. The van der Waals surface area contributed by atoms with Crippen LogP contribution in [-0.4, -0.2) is 11.3 Å². The van der Waals surface area contributed by atoms with Gasteiger partial charge in [0.15, 0.2) is 5.11 Å². The van der Waals surface area contributed by atoms with Crippen molar-refractivity contribution in [1.82, 2.24) is 5.43 Å². The van der Waals surface area contributed by atoms with Gasteiger partial charge in [0.25, 0.3) is 0 Å². The summed E-state index contributed by atoms with van der Waals surface area (Å²) in [6.07, 6.45) is 6.61. The molecule has 3 N–H and O–H groups in total. The Kier molecular flexibility index (Phi) is 3.72. The maximum atomic E-state index is 5.13. The lowest BCUT2D eigenvalue weighted by molar-refractivity contribution is 0.557. The van der Waals surface area contributed by atoms with E-state index in [-0.39, 0.29) is 5.11 Å². The molecular formula is C8H9N3OS. The van der Waals surface area contributed by atoms with E-state index in [4.69, 9.17) is 10.2 Å². The third-order valence-corrected chi connectivity index (χ3v) is 1.23. The summed E-state index contributed by atoms with van der Waals surface area (Å²) in [6, 6.07) is 3.65. The van der Waals surface area contributed by atoms with Crippen molar-refractivity contribution in [3.05, 3.63) is 30.2 Å². The Bertz CT molecular complexity index is 316. The van der Waals surface area contributed by atoms with Crippen molar-refractivity contribution in [2.45, 2.75) is 0 Å². The Hall–Kier alpha value is -1.62. The van der Waals surface area contributed by atoms with Gasteiger partial charge in [-0.2, -0.15) is 5.10 Å². The molecule has 0 aliphatic rings. The van der Waals surface area contributed by atoms with Crippen LogP contribution >= 0.6 is 12.2 Å². The zero-order chi connectivity index (χ0) is 9.52.